The van der Waals surface area contributed by atoms with Crippen molar-refractivity contribution in [3.63, 3.8) is 0 Å². The Labute approximate surface area is 139 Å². The summed E-state index contributed by atoms with van der Waals surface area (Å²) >= 11 is 0. The van der Waals surface area contributed by atoms with Gasteiger partial charge in [-0.15, -0.1) is 0 Å². The summed E-state index contributed by atoms with van der Waals surface area (Å²) in [6.07, 6.45) is 0. The third-order valence-corrected chi connectivity index (χ3v) is 3.81. The molecule has 0 amide bonds. The van der Waals surface area contributed by atoms with E-state index in [1.165, 1.54) is 18.2 Å². The van der Waals surface area contributed by atoms with Gasteiger partial charge >= 0.3 is 17.9 Å². The number of esters is 3. The van der Waals surface area contributed by atoms with E-state index in [0.29, 0.717) is 5.75 Å². The lowest BCUT2D eigenvalue weighted by molar-refractivity contribution is 0.0443. The second-order valence-electron chi connectivity index (χ2n) is 6.60. The highest BCUT2D eigenvalue weighted by Gasteiger charge is 2.30. The van der Waals surface area contributed by atoms with Crippen LogP contribution in [0, 0.1) is 0 Å². The summed E-state index contributed by atoms with van der Waals surface area (Å²) in [6, 6.07) is 11.4. The molecule has 0 aliphatic carbocycles. The Kier molecular flexibility index (Phi) is 3.72. The molecule has 5 nitrogen and oxygen atoms in total. The Morgan fingerprint density at radius 2 is 1.54 bits per heavy atom. The molecule has 0 bridgehead atoms. The fourth-order valence-electron chi connectivity index (χ4n) is 2.40. The van der Waals surface area contributed by atoms with Gasteiger partial charge in [-0.2, -0.15) is 0 Å². The van der Waals surface area contributed by atoms with E-state index in [1.807, 2.05) is 12.1 Å². The number of hydrogen-bond donors (Lipinski definition) is 0. The number of hydrogen-bond acceptors (Lipinski definition) is 5. The molecule has 0 saturated carbocycles. The first-order valence-corrected chi connectivity index (χ1v) is 7.49. The van der Waals surface area contributed by atoms with Gasteiger partial charge in [0.1, 0.15) is 5.75 Å². The summed E-state index contributed by atoms with van der Waals surface area (Å²) in [4.78, 5) is 35.2. The summed E-state index contributed by atoms with van der Waals surface area (Å²) < 4.78 is 9.81. The summed E-state index contributed by atoms with van der Waals surface area (Å²) in [5.41, 5.74) is 1.56. The van der Waals surface area contributed by atoms with Gasteiger partial charge < -0.3 is 9.47 Å². The molecule has 2 aromatic rings. The van der Waals surface area contributed by atoms with E-state index in [4.69, 9.17) is 4.74 Å². The van der Waals surface area contributed by atoms with Crippen LogP contribution >= 0.6 is 0 Å². The molecular formula is C19H16O5. The summed E-state index contributed by atoms with van der Waals surface area (Å²) in [6.45, 7) is 6.29. The maximum atomic E-state index is 12.2. The van der Waals surface area contributed by atoms with E-state index in [-0.39, 0.29) is 22.1 Å². The van der Waals surface area contributed by atoms with Gasteiger partial charge in [0.2, 0.25) is 0 Å². The first-order valence-electron chi connectivity index (χ1n) is 7.49. The van der Waals surface area contributed by atoms with Crippen LogP contribution in [0.1, 0.15) is 57.4 Å². The highest BCUT2D eigenvalue weighted by molar-refractivity contribution is 6.15. The molecule has 24 heavy (non-hydrogen) atoms. The van der Waals surface area contributed by atoms with Crippen LogP contribution in [0.2, 0.25) is 0 Å². The normalized spacial score (nSPS) is 13.5. The number of cyclic esters (lactones) is 2. The molecule has 2 aromatic carbocycles. The fraction of sp³-hybridized carbons (Fsp3) is 0.211. The molecule has 0 saturated heterocycles. The molecule has 0 radical (unpaired) electrons. The van der Waals surface area contributed by atoms with Crippen molar-refractivity contribution in [3.05, 3.63) is 64.7 Å². The zero-order chi connectivity index (χ0) is 17.5. The maximum absolute atomic E-state index is 12.2. The van der Waals surface area contributed by atoms with Gasteiger partial charge in [-0.05, 0) is 41.3 Å². The number of ether oxygens (including phenoxy) is 2. The van der Waals surface area contributed by atoms with Crippen molar-refractivity contribution < 1.29 is 23.9 Å². The van der Waals surface area contributed by atoms with Crippen LogP contribution in [0.25, 0.3) is 0 Å². The van der Waals surface area contributed by atoms with Gasteiger partial charge in [-0.25, -0.2) is 14.4 Å². The minimum Gasteiger partial charge on any atom is -0.423 e. The van der Waals surface area contributed by atoms with Crippen LogP contribution in [0.4, 0.5) is 0 Å². The molecule has 3 rings (SSSR count). The smallest absolute Gasteiger partial charge is 0.346 e. The van der Waals surface area contributed by atoms with Crippen LogP contribution in [0.5, 0.6) is 5.75 Å². The van der Waals surface area contributed by atoms with Gasteiger partial charge in [0.15, 0.2) is 0 Å². The minimum atomic E-state index is -0.751. The average Bonchev–Trinajstić information content (AvgIpc) is 2.81. The fourth-order valence-corrected chi connectivity index (χ4v) is 2.40. The number of rotatable bonds is 2. The largest absolute Gasteiger partial charge is 0.423 e. The van der Waals surface area contributed by atoms with Crippen molar-refractivity contribution in [1.82, 2.24) is 0 Å². The minimum absolute atomic E-state index is 0.00935. The van der Waals surface area contributed by atoms with E-state index in [0.717, 1.165) is 5.56 Å². The van der Waals surface area contributed by atoms with Crippen LogP contribution in [-0.2, 0) is 10.2 Å². The van der Waals surface area contributed by atoms with E-state index < -0.39 is 17.9 Å². The molecule has 0 fully saturated rings. The SMILES string of the molecule is CC(C)(C)c1ccc(OC(=O)c2ccc3c(c2)C(=O)OC3=O)cc1. The Hall–Kier alpha value is -2.95. The third kappa shape index (κ3) is 2.93. The molecule has 0 spiro atoms. The molecule has 1 aliphatic rings. The van der Waals surface area contributed by atoms with Gasteiger partial charge in [0.25, 0.3) is 0 Å². The Bertz CT molecular complexity index is 841. The Balaban J connectivity index is 1.80. The molecule has 122 valence electrons. The van der Waals surface area contributed by atoms with Crippen LogP contribution in [0.3, 0.4) is 0 Å². The van der Waals surface area contributed by atoms with E-state index in [9.17, 15) is 14.4 Å². The number of fused-ring (bicyclic) bond motifs is 1. The predicted octanol–water partition coefficient (Wildman–Crippen LogP) is 3.51. The predicted molar refractivity (Wildman–Crippen MR) is 86.3 cm³/mol. The summed E-state index contributed by atoms with van der Waals surface area (Å²) in [5.74, 6) is -1.65. The van der Waals surface area contributed by atoms with Crippen LogP contribution in [-0.4, -0.2) is 17.9 Å². The van der Waals surface area contributed by atoms with Crippen molar-refractivity contribution in [1.29, 1.82) is 0 Å². The topological polar surface area (TPSA) is 69.7 Å². The van der Waals surface area contributed by atoms with Gasteiger partial charge in [-0.3, -0.25) is 0 Å². The number of benzene rings is 2. The highest BCUT2D eigenvalue weighted by atomic mass is 16.6. The summed E-state index contributed by atoms with van der Waals surface area (Å²) in [7, 11) is 0. The number of carbonyl (C=O) groups is 3. The van der Waals surface area contributed by atoms with E-state index >= 15 is 0 Å². The number of carbonyl (C=O) groups excluding carboxylic acids is 3. The molecule has 1 aliphatic heterocycles. The molecular weight excluding hydrogens is 308 g/mol. The zero-order valence-electron chi connectivity index (χ0n) is 13.6. The summed E-state index contributed by atoms with van der Waals surface area (Å²) in [5, 5.41) is 0. The Morgan fingerprint density at radius 1 is 0.917 bits per heavy atom. The van der Waals surface area contributed by atoms with Crippen molar-refractivity contribution in [2.45, 2.75) is 26.2 Å². The lowest BCUT2D eigenvalue weighted by atomic mass is 9.87. The second kappa shape index (κ2) is 5.60. The maximum Gasteiger partial charge on any atom is 0.346 e. The molecule has 0 N–H and O–H groups in total. The monoisotopic (exact) mass is 324 g/mol. The van der Waals surface area contributed by atoms with Crippen molar-refractivity contribution >= 4 is 17.9 Å². The van der Waals surface area contributed by atoms with Crippen molar-refractivity contribution in [2.75, 3.05) is 0 Å². The van der Waals surface area contributed by atoms with Gasteiger partial charge in [-0.1, -0.05) is 32.9 Å². The third-order valence-electron chi connectivity index (χ3n) is 3.81. The molecule has 0 aromatic heterocycles. The first-order chi connectivity index (χ1) is 11.3. The van der Waals surface area contributed by atoms with Crippen LogP contribution < -0.4 is 4.74 Å². The van der Waals surface area contributed by atoms with Gasteiger partial charge in [0, 0.05) is 0 Å². The first kappa shape index (κ1) is 15.9. The van der Waals surface area contributed by atoms with Crippen molar-refractivity contribution in [3.8, 4) is 5.75 Å². The van der Waals surface area contributed by atoms with Crippen LogP contribution in [0.15, 0.2) is 42.5 Å². The van der Waals surface area contributed by atoms with E-state index in [2.05, 4.69) is 25.5 Å². The average molecular weight is 324 g/mol. The Morgan fingerprint density at radius 3 is 2.17 bits per heavy atom. The lowest BCUT2D eigenvalue weighted by Gasteiger charge is -2.19. The lowest BCUT2D eigenvalue weighted by Crippen LogP contribution is -2.12. The molecule has 1 heterocycles. The van der Waals surface area contributed by atoms with Crippen molar-refractivity contribution in [2.24, 2.45) is 0 Å². The standard InChI is InChI=1S/C19H16O5/c1-19(2,3)12-5-7-13(8-6-12)23-16(20)11-4-9-14-15(10-11)18(22)24-17(14)21/h4-10H,1-3H3. The zero-order valence-corrected chi connectivity index (χ0v) is 13.6. The second-order valence-corrected chi connectivity index (χ2v) is 6.60. The molecule has 0 atom stereocenters. The quantitative estimate of drug-likeness (QED) is 0.480. The molecule has 0 unspecified atom stereocenters. The van der Waals surface area contributed by atoms with Gasteiger partial charge in [0.05, 0.1) is 16.7 Å². The van der Waals surface area contributed by atoms with E-state index in [1.54, 1.807) is 12.1 Å². The molecule has 5 heteroatoms. The highest BCUT2D eigenvalue weighted by Crippen LogP contribution is 2.25.